The van der Waals surface area contributed by atoms with Crippen LogP contribution >= 0.6 is 0 Å². The summed E-state index contributed by atoms with van der Waals surface area (Å²) in [6.45, 7) is 3.89. The summed E-state index contributed by atoms with van der Waals surface area (Å²) in [4.78, 5) is 18.2. The van der Waals surface area contributed by atoms with E-state index in [-0.39, 0.29) is 17.5 Å². The molecule has 1 aromatic heterocycles. The predicted octanol–water partition coefficient (Wildman–Crippen LogP) is 1.86. The third-order valence-electron chi connectivity index (χ3n) is 2.54. The molecule has 118 valence electrons. The monoisotopic (exact) mass is 305 g/mol. The summed E-state index contributed by atoms with van der Waals surface area (Å²) in [5, 5.41) is 7.79. The molecule has 0 bridgehead atoms. The Balaban J connectivity index is 3.04. The molecule has 3 N–H and O–H groups in total. The molecule has 0 aliphatic carbocycles. The summed E-state index contributed by atoms with van der Waals surface area (Å²) in [5.74, 6) is -1.61. The fourth-order valence-electron chi connectivity index (χ4n) is 1.50. The normalized spacial score (nSPS) is 12.7. The maximum Gasteiger partial charge on any atom is 0.451 e. The molecule has 21 heavy (non-hydrogen) atoms. The minimum Gasteiger partial charge on any atom is -0.370 e. The molecule has 0 aliphatic heterocycles. The molecule has 1 amide bonds. The molecule has 0 fully saturated rings. The Morgan fingerprint density at radius 1 is 1.33 bits per heavy atom. The van der Waals surface area contributed by atoms with Gasteiger partial charge >= 0.3 is 6.18 Å². The van der Waals surface area contributed by atoms with Crippen LogP contribution in [0.3, 0.4) is 0 Å². The van der Waals surface area contributed by atoms with Crippen LogP contribution in [0.15, 0.2) is 6.07 Å². The number of alkyl halides is 3. The van der Waals surface area contributed by atoms with Crippen LogP contribution in [-0.2, 0) is 11.0 Å². The smallest absolute Gasteiger partial charge is 0.370 e. The zero-order valence-corrected chi connectivity index (χ0v) is 12.0. The van der Waals surface area contributed by atoms with E-state index in [4.69, 9.17) is 0 Å². The van der Waals surface area contributed by atoms with E-state index >= 15 is 0 Å². The van der Waals surface area contributed by atoms with E-state index in [0.717, 1.165) is 6.42 Å². The Morgan fingerprint density at radius 2 is 1.95 bits per heavy atom. The summed E-state index contributed by atoms with van der Waals surface area (Å²) in [5.41, 5.74) is 0. The highest BCUT2D eigenvalue weighted by Gasteiger charge is 2.35. The van der Waals surface area contributed by atoms with Crippen molar-refractivity contribution in [3.8, 4) is 0 Å². The number of carbonyl (C=O) groups is 1. The van der Waals surface area contributed by atoms with Crippen molar-refractivity contribution in [1.82, 2.24) is 15.3 Å². The van der Waals surface area contributed by atoms with Gasteiger partial charge in [-0.1, -0.05) is 6.92 Å². The number of aromatic nitrogens is 2. The molecule has 1 heterocycles. The van der Waals surface area contributed by atoms with Crippen molar-refractivity contribution in [3.63, 3.8) is 0 Å². The lowest BCUT2D eigenvalue weighted by Gasteiger charge is -2.15. The molecule has 6 nitrogen and oxygen atoms in total. The predicted molar refractivity (Wildman–Crippen MR) is 73.0 cm³/mol. The molecule has 0 radical (unpaired) electrons. The Morgan fingerprint density at radius 3 is 2.48 bits per heavy atom. The number of rotatable bonds is 6. The van der Waals surface area contributed by atoms with Gasteiger partial charge in [0.05, 0.1) is 0 Å². The third kappa shape index (κ3) is 5.09. The number of hydrogen-bond acceptors (Lipinski definition) is 5. The van der Waals surface area contributed by atoms with Crippen LogP contribution in [0.2, 0.25) is 0 Å². The molecule has 1 aromatic rings. The Hall–Kier alpha value is -2.06. The van der Waals surface area contributed by atoms with E-state index in [1.807, 2.05) is 6.92 Å². The van der Waals surface area contributed by atoms with Gasteiger partial charge in [0.25, 0.3) is 0 Å². The summed E-state index contributed by atoms with van der Waals surface area (Å²) >= 11 is 0. The second-order valence-electron chi connectivity index (χ2n) is 4.37. The van der Waals surface area contributed by atoms with Gasteiger partial charge in [-0.15, -0.1) is 0 Å². The molecule has 0 aromatic carbocycles. The minimum absolute atomic E-state index is 0.0609. The number of halogens is 3. The first-order chi connectivity index (χ1) is 9.77. The lowest BCUT2D eigenvalue weighted by Crippen LogP contribution is -2.35. The second-order valence-corrected chi connectivity index (χ2v) is 4.37. The Kier molecular flexibility index (Phi) is 5.74. The maximum atomic E-state index is 12.8. The fraction of sp³-hybridized carbons (Fsp3) is 0.583. The molecule has 0 saturated carbocycles. The van der Waals surface area contributed by atoms with Crippen LogP contribution in [-0.4, -0.2) is 35.5 Å². The first kappa shape index (κ1) is 17.0. The van der Waals surface area contributed by atoms with Gasteiger partial charge in [-0.2, -0.15) is 13.2 Å². The summed E-state index contributed by atoms with van der Waals surface area (Å²) in [7, 11) is 1.44. The summed E-state index contributed by atoms with van der Waals surface area (Å²) in [6.07, 6.45) is -3.92. The lowest BCUT2D eigenvalue weighted by molar-refractivity contribution is -0.144. The van der Waals surface area contributed by atoms with Crippen molar-refractivity contribution in [1.29, 1.82) is 0 Å². The van der Waals surface area contributed by atoms with Gasteiger partial charge in [-0.25, -0.2) is 9.97 Å². The number of amides is 1. The molecular weight excluding hydrogens is 287 g/mol. The van der Waals surface area contributed by atoms with Gasteiger partial charge in [0.1, 0.15) is 17.7 Å². The molecule has 0 saturated heterocycles. The number of anilines is 2. The molecule has 0 spiro atoms. The van der Waals surface area contributed by atoms with Crippen molar-refractivity contribution in [2.24, 2.45) is 0 Å². The zero-order chi connectivity index (χ0) is 16.0. The average Bonchev–Trinajstić information content (AvgIpc) is 2.42. The molecule has 1 atom stereocenters. The summed E-state index contributed by atoms with van der Waals surface area (Å²) in [6, 6.07) is 0.620. The van der Waals surface area contributed by atoms with Crippen LogP contribution in [0.5, 0.6) is 0 Å². The Bertz CT molecular complexity index is 492. The van der Waals surface area contributed by atoms with E-state index in [1.165, 1.54) is 20.0 Å². The van der Waals surface area contributed by atoms with E-state index in [9.17, 15) is 18.0 Å². The van der Waals surface area contributed by atoms with Crippen molar-refractivity contribution in [3.05, 3.63) is 11.9 Å². The quantitative estimate of drug-likeness (QED) is 0.747. The number of likely N-dealkylation sites (N-methyl/N-ethyl adjacent to an activating group) is 1. The fourth-order valence-corrected chi connectivity index (χ4v) is 1.50. The Labute approximate surface area is 120 Å². The number of nitrogens with zero attached hydrogens (tertiary/aromatic N) is 2. The van der Waals surface area contributed by atoms with Crippen molar-refractivity contribution in [2.75, 3.05) is 24.2 Å². The van der Waals surface area contributed by atoms with Crippen LogP contribution in [0.25, 0.3) is 0 Å². The first-order valence-corrected chi connectivity index (χ1v) is 6.46. The average molecular weight is 305 g/mol. The van der Waals surface area contributed by atoms with Gasteiger partial charge < -0.3 is 16.0 Å². The zero-order valence-electron chi connectivity index (χ0n) is 12.0. The highest BCUT2D eigenvalue weighted by atomic mass is 19.4. The van der Waals surface area contributed by atoms with Crippen molar-refractivity contribution < 1.29 is 18.0 Å². The highest BCUT2D eigenvalue weighted by molar-refractivity contribution is 5.83. The van der Waals surface area contributed by atoms with E-state index < -0.39 is 18.0 Å². The third-order valence-corrected chi connectivity index (χ3v) is 2.54. The molecular formula is C12H18F3N5O. The van der Waals surface area contributed by atoms with Gasteiger partial charge in [-0.05, 0) is 13.3 Å². The highest BCUT2D eigenvalue weighted by Crippen LogP contribution is 2.28. The largest absolute Gasteiger partial charge is 0.451 e. The van der Waals surface area contributed by atoms with Gasteiger partial charge in [0, 0.05) is 19.7 Å². The number of nitrogens with one attached hydrogen (secondary N) is 3. The van der Waals surface area contributed by atoms with Crippen LogP contribution in [0, 0.1) is 0 Å². The standard InChI is InChI=1S/C12H18F3N5O/c1-4-5-17-8-6-9(18-7(2)10(21)16-3)20-11(19-8)12(13,14)15/h6-7H,4-5H2,1-3H3,(H,16,21)(H2,17,18,19,20). The minimum atomic E-state index is -4.66. The number of carbonyl (C=O) groups excluding carboxylic acids is 1. The van der Waals surface area contributed by atoms with E-state index in [0.29, 0.717) is 6.54 Å². The maximum absolute atomic E-state index is 12.8. The van der Waals surface area contributed by atoms with Crippen LogP contribution < -0.4 is 16.0 Å². The summed E-state index contributed by atoms with van der Waals surface area (Å²) < 4.78 is 38.3. The van der Waals surface area contributed by atoms with Crippen LogP contribution in [0.4, 0.5) is 24.8 Å². The SMILES string of the molecule is CCCNc1cc(NC(C)C(=O)NC)nc(C(F)(F)F)n1. The van der Waals surface area contributed by atoms with Crippen molar-refractivity contribution >= 4 is 17.5 Å². The van der Waals surface area contributed by atoms with E-state index in [1.54, 1.807) is 0 Å². The van der Waals surface area contributed by atoms with Gasteiger partial charge in [0.15, 0.2) is 0 Å². The lowest BCUT2D eigenvalue weighted by atomic mass is 10.3. The van der Waals surface area contributed by atoms with Gasteiger partial charge in [-0.3, -0.25) is 4.79 Å². The molecule has 1 unspecified atom stereocenters. The molecule has 0 aliphatic rings. The topological polar surface area (TPSA) is 78.9 Å². The van der Waals surface area contributed by atoms with Gasteiger partial charge in [0.2, 0.25) is 11.7 Å². The van der Waals surface area contributed by atoms with E-state index in [2.05, 4.69) is 25.9 Å². The second kappa shape index (κ2) is 7.09. The molecule has 1 rings (SSSR count). The first-order valence-electron chi connectivity index (χ1n) is 6.46. The van der Waals surface area contributed by atoms with Crippen molar-refractivity contribution in [2.45, 2.75) is 32.5 Å². The molecule has 9 heteroatoms. The van der Waals surface area contributed by atoms with Crippen LogP contribution in [0.1, 0.15) is 26.1 Å². The number of hydrogen-bond donors (Lipinski definition) is 3.